The molecular formula is C8H15NO3. The summed E-state index contributed by atoms with van der Waals surface area (Å²) in [6.45, 7) is 2.69. The Balaban J connectivity index is 2.19. The molecule has 1 fully saturated rings. The van der Waals surface area contributed by atoms with Crippen LogP contribution < -0.4 is 5.73 Å². The van der Waals surface area contributed by atoms with Gasteiger partial charge in [0.15, 0.2) is 0 Å². The molecule has 0 spiro atoms. The summed E-state index contributed by atoms with van der Waals surface area (Å²) < 4.78 is 10.1. The zero-order valence-electron chi connectivity index (χ0n) is 7.29. The number of ether oxygens (including phenoxy) is 2. The van der Waals surface area contributed by atoms with Crippen LogP contribution in [-0.4, -0.2) is 24.9 Å². The van der Waals surface area contributed by atoms with Crippen LogP contribution in [0.2, 0.25) is 0 Å². The lowest BCUT2D eigenvalue weighted by atomic mass is 10.2. The molecule has 0 aromatic heterocycles. The standard InChI is InChI=1S/C8H15NO3/c1-2-3-4-11-8-6(9)5-7(10)12-8/h6,8H,2-5,9H2,1H3/t6-,8?/m0/s1. The largest absolute Gasteiger partial charge is 0.434 e. The lowest BCUT2D eigenvalue weighted by molar-refractivity contribution is -0.163. The zero-order valence-corrected chi connectivity index (χ0v) is 7.29. The van der Waals surface area contributed by atoms with Gasteiger partial charge in [-0.3, -0.25) is 4.79 Å². The van der Waals surface area contributed by atoms with Gasteiger partial charge in [0.2, 0.25) is 6.29 Å². The first-order valence-corrected chi connectivity index (χ1v) is 4.30. The molecule has 0 aliphatic carbocycles. The number of carbonyl (C=O) groups excluding carboxylic acids is 1. The van der Waals surface area contributed by atoms with Crippen molar-refractivity contribution in [2.45, 2.75) is 38.5 Å². The first-order chi connectivity index (χ1) is 5.74. The van der Waals surface area contributed by atoms with Crippen LogP contribution >= 0.6 is 0 Å². The number of unbranched alkanes of at least 4 members (excludes halogenated alkanes) is 1. The molecule has 4 heteroatoms. The summed E-state index contributed by atoms with van der Waals surface area (Å²) in [4.78, 5) is 10.7. The lowest BCUT2D eigenvalue weighted by Gasteiger charge is -2.13. The van der Waals surface area contributed by atoms with Gasteiger partial charge in [0.1, 0.15) is 0 Å². The minimum Gasteiger partial charge on any atom is -0.434 e. The number of carbonyl (C=O) groups is 1. The highest BCUT2D eigenvalue weighted by atomic mass is 16.7. The normalized spacial score (nSPS) is 29.0. The summed E-state index contributed by atoms with van der Waals surface area (Å²) in [5, 5.41) is 0. The Hall–Kier alpha value is -0.610. The minimum absolute atomic E-state index is 0.260. The van der Waals surface area contributed by atoms with Crippen molar-refractivity contribution in [1.29, 1.82) is 0 Å². The smallest absolute Gasteiger partial charge is 0.309 e. The number of hydrogen-bond donors (Lipinski definition) is 1. The second-order valence-electron chi connectivity index (χ2n) is 2.95. The van der Waals surface area contributed by atoms with E-state index in [-0.39, 0.29) is 18.4 Å². The number of esters is 1. The molecule has 1 heterocycles. The average molecular weight is 173 g/mol. The van der Waals surface area contributed by atoms with E-state index in [1.807, 2.05) is 0 Å². The van der Waals surface area contributed by atoms with Crippen LogP contribution in [0, 0.1) is 0 Å². The molecule has 2 atom stereocenters. The summed E-state index contributed by atoms with van der Waals surface area (Å²) in [5.74, 6) is -0.260. The average Bonchev–Trinajstić information content (AvgIpc) is 2.31. The molecule has 1 aliphatic rings. The molecule has 0 amide bonds. The van der Waals surface area contributed by atoms with Gasteiger partial charge in [-0.05, 0) is 6.42 Å². The third-order valence-electron chi connectivity index (χ3n) is 1.78. The van der Waals surface area contributed by atoms with Crippen LogP contribution in [0.15, 0.2) is 0 Å². The van der Waals surface area contributed by atoms with E-state index in [4.69, 9.17) is 15.2 Å². The highest BCUT2D eigenvalue weighted by Crippen LogP contribution is 2.14. The first kappa shape index (κ1) is 9.48. The van der Waals surface area contributed by atoms with Crippen LogP contribution in [0.25, 0.3) is 0 Å². The van der Waals surface area contributed by atoms with Crippen molar-refractivity contribution in [1.82, 2.24) is 0 Å². The van der Waals surface area contributed by atoms with Gasteiger partial charge in [-0.2, -0.15) is 0 Å². The van der Waals surface area contributed by atoms with Crippen molar-refractivity contribution >= 4 is 5.97 Å². The van der Waals surface area contributed by atoms with E-state index in [0.29, 0.717) is 6.61 Å². The second kappa shape index (κ2) is 4.42. The Kier molecular flexibility index (Phi) is 3.49. The maximum absolute atomic E-state index is 10.7. The molecule has 0 radical (unpaired) electrons. The quantitative estimate of drug-likeness (QED) is 0.494. The van der Waals surface area contributed by atoms with E-state index in [2.05, 4.69) is 6.92 Å². The van der Waals surface area contributed by atoms with Crippen molar-refractivity contribution in [2.24, 2.45) is 5.73 Å². The number of hydrogen-bond acceptors (Lipinski definition) is 4. The van der Waals surface area contributed by atoms with Crippen molar-refractivity contribution in [3.8, 4) is 0 Å². The van der Waals surface area contributed by atoms with Crippen molar-refractivity contribution in [3.05, 3.63) is 0 Å². The summed E-state index contributed by atoms with van der Waals surface area (Å²) in [6, 6.07) is -0.283. The third-order valence-corrected chi connectivity index (χ3v) is 1.78. The molecule has 1 aliphatic heterocycles. The number of cyclic esters (lactones) is 1. The topological polar surface area (TPSA) is 61.5 Å². The van der Waals surface area contributed by atoms with E-state index >= 15 is 0 Å². The molecule has 0 bridgehead atoms. The fourth-order valence-corrected chi connectivity index (χ4v) is 1.06. The van der Waals surface area contributed by atoms with E-state index in [1.54, 1.807) is 0 Å². The number of rotatable bonds is 4. The molecule has 1 unspecified atom stereocenters. The molecule has 0 saturated carbocycles. The summed E-state index contributed by atoms with van der Waals surface area (Å²) >= 11 is 0. The van der Waals surface area contributed by atoms with Crippen LogP contribution in [0.5, 0.6) is 0 Å². The van der Waals surface area contributed by atoms with E-state index in [9.17, 15) is 4.79 Å². The first-order valence-electron chi connectivity index (χ1n) is 4.30. The molecule has 1 rings (SSSR count). The van der Waals surface area contributed by atoms with Gasteiger partial charge in [-0.1, -0.05) is 13.3 Å². The Morgan fingerprint density at radius 3 is 3.00 bits per heavy atom. The van der Waals surface area contributed by atoms with Gasteiger partial charge in [0.05, 0.1) is 19.1 Å². The van der Waals surface area contributed by atoms with Gasteiger partial charge in [-0.25, -0.2) is 0 Å². The Bertz CT molecular complexity index is 160. The van der Waals surface area contributed by atoms with Gasteiger partial charge in [0.25, 0.3) is 0 Å². The predicted octanol–water partition coefficient (Wildman–Crippen LogP) is 0.403. The van der Waals surface area contributed by atoms with Gasteiger partial charge < -0.3 is 15.2 Å². The van der Waals surface area contributed by atoms with Crippen LogP contribution in [-0.2, 0) is 14.3 Å². The van der Waals surface area contributed by atoms with Gasteiger partial charge in [-0.15, -0.1) is 0 Å². The molecule has 70 valence electrons. The lowest BCUT2D eigenvalue weighted by Crippen LogP contribution is -2.32. The van der Waals surface area contributed by atoms with Crippen LogP contribution in [0.4, 0.5) is 0 Å². The molecule has 1 saturated heterocycles. The Labute approximate surface area is 72.0 Å². The van der Waals surface area contributed by atoms with E-state index < -0.39 is 6.29 Å². The maximum Gasteiger partial charge on any atom is 0.309 e. The highest BCUT2D eigenvalue weighted by Gasteiger charge is 2.32. The minimum atomic E-state index is -0.510. The van der Waals surface area contributed by atoms with Crippen molar-refractivity contribution < 1.29 is 14.3 Å². The summed E-state index contributed by atoms with van der Waals surface area (Å²) in [6.07, 6.45) is 1.80. The zero-order chi connectivity index (χ0) is 8.97. The highest BCUT2D eigenvalue weighted by molar-refractivity contribution is 5.72. The summed E-state index contributed by atoms with van der Waals surface area (Å²) in [7, 11) is 0. The van der Waals surface area contributed by atoms with E-state index in [0.717, 1.165) is 12.8 Å². The van der Waals surface area contributed by atoms with E-state index in [1.165, 1.54) is 0 Å². The van der Waals surface area contributed by atoms with Gasteiger partial charge in [0, 0.05) is 0 Å². The summed E-state index contributed by atoms with van der Waals surface area (Å²) in [5.41, 5.74) is 5.58. The monoisotopic (exact) mass is 173 g/mol. The predicted molar refractivity (Wildman–Crippen MR) is 43.3 cm³/mol. The molecular weight excluding hydrogens is 158 g/mol. The Morgan fingerprint density at radius 1 is 1.75 bits per heavy atom. The van der Waals surface area contributed by atoms with Crippen LogP contribution in [0.1, 0.15) is 26.2 Å². The third kappa shape index (κ3) is 2.46. The van der Waals surface area contributed by atoms with Crippen molar-refractivity contribution in [3.63, 3.8) is 0 Å². The fourth-order valence-electron chi connectivity index (χ4n) is 1.06. The molecule has 0 aromatic rings. The maximum atomic E-state index is 10.7. The van der Waals surface area contributed by atoms with Crippen LogP contribution in [0.3, 0.4) is 0 Å². The molecule has 4 nitrogen and oxygen atoms in total. The molecule has 0 aromatic carbocycles. The van der Waals surface area contributed by atoms with Crippen molar-refractivity contribution in [2.75, 3.05) is 6.61 Å². The number of nitrogens with two attached hydrogens (primary N) is 1. The molecule has 12 heavy (non-hydrogen) atoms. The Morgan fingerprint density at radius 2 is 2.50 bits per heavy atom. The van der Waals surface area contributed by atoms with Gasteiger partial charge >= 0.3 is 5.97 Å². The molecule has 2 N–H and O–H groups in total. The SMILES string of the molecule is CCCCOC1OC(=O)C[C@@H]1N. The second-order valence-corrected chi connectivity index (χ2v) is 2.95. The fraction of sp³-hybridized carbons (Fsp3) is 0.875.